The minimum Gasteiger partial charge on any atom is -0.350 e. The fourth-order valence-electron chi connectivity index (χ4n) is 3.49. The van der Waals surface area contributed by atoms with Gasteiger partial charge in [-0.15, -0.1) is 0 Å². The Labute approximate surface area is 121 Å². The highest BCUT2D eigenvalue weighted by Gasteiger charge is 2.22. The van der Waals surface area contributed by atoms with Gasteiger partial charge >= 0.3 is 0 Å². The lowest BCUT2D eigenvalue weighted by atomic mass is 10.0. The van der Waals surface area contributed by atoms with Crippen molar-refractivity contribution in [3.05, 3.63) is 36.0 Å². The minimum atomic E-state index is 0.543. The van der Waals surface area contributed by atoms with Crippen LogP contribution in [0.2, 0.25) is 0 Å². The Bertz CT molecular complexity index is 565. The molecule has 0 radical (unpaired) electrons. The third-order valence-corrected chi connectivity index (χ3v) is 4.49. The van der Waals surface area contributed by atoms with E-state index in [0.29, 0.717) is 6.04 Å². The third kappa shape index (κ3) is 2.48. The molecule has 0 spiro atoms. The normalized spacial score (nSPS) is 19.1. The van der Waals surface area contributed by atoms with Crippen molar-refractivity contribution in [2.24, 2.45) is 7.05 Å². The molecule has 1 aromatic heterocycles. The van der Waals surface area contributed by atoms with Gasteiger partial charge in [-0.3, -0.25) is 4.90 Å². The number of aryl methyl sites for hydroxylation is 1. The van der Waals surface area contributed by atoms with Crippen molar-refractivity contribution in [3.63, 3.8) is 0 Å². The van der Waals surface area contributed by atoms with Gasteiger partial charge in [-0.05, 0) is 31.0 Å². The summed E-state index contributed by atoms with van der Waals surface area (Å²) < 4.78 is 2.27. The number of nitrogens with zero attached hydrogens (tertiary/aromatic N) is 2. The van der Waals surface area contributed by atoms with E-state index in [1.807, 2.05) is 0 Å². The van der Waals surface area contributed by atoms with Crippen molar-refractivity contribution in [1.82, 2.24) is 14.8 Å². The Balaban J connectivity index is 1.98. The summed E-state index contributed by atoms with van der Waals surface area (Å²) in [7, 11) is 2.16. The van der Waals surface area contributed by atoms with E-state index in [9.17, 15) is 0 Å². The Kier molecular flexibility index (Phi) is 4.08. The Morgan fingerprint density at radius 1 is 1.20 bits per heavy atom. The zero-order valence-corrected chi connectivity index (χ0v) is 12.6. The number of nitrogens with one attached hydrogen (secondary N) is 1. The average molecular weight is 271 g/mol. The molecule has 0 amide bonds. The minimum absolute atomic E-state index is 0.543. The molecule has 0 saturated carbocycles. The van der Waals surface area contributed by atoms with Crippen LogP contribution in [0.15, 0.2) is 30.5 Å². The lowest BCUT2D eigenvalue weighted by Gasteiger charge is -2.29. The molecule has 1 fully saturated rings. The summed E-state index contributed by atoms with van der Waals surface area (Å²) in [5, 5.41) is 4.92. The molecule has 0 aliphatic carbocycles. The molecule has 2 heterocycles. The molecular formula is C17H25N3. The second kappa shape index (κ2) is 5.98. The fourth-order valence-corrected chi connectivity index (χ4v) is 3.49. The zero-order chi connectivity index (χ0) is 13.9. The number of benzene rings is 1. The fraction of sp³-hybridized carbons (Fsp3) is 0.529. The summed E-state index contributed by atoms with van der Waals surface area (Å²) in [5.74, 6) is 0. The highest BCUT2D eigenvalue weighted by molar-refractivity contribution is 5.84. The van der Waals surface area contributed by atoms with E-state index >= 15 is 0 Å². The molecule has 0 bridgehead atoms. The van der Waals surface area contributed by atoms with Gasteiger partial charge in [-0.25, -0.2) is 0 Å². The predicted octanol–water partition coefficient (Wildman–Crippen LogP) is 2.92. The van der Waals surface area contributed by atoms with Gasteiger partial charge in [0.05, 0.1) is 0 Å². The second-order valence-corrected chi connectivity index (χ2v) is 5.78. The Morgan fingerprint density at radius 3 is 2.90 bits per heavy atom. The van der Waals surface area contributed by atoms with Crippen LogP contribution in [-0.2, 0) is 7.05 Å². The summed E-state index contributed by atoms with van der Waals surface area (Å²) in [6, 6.07) is 9.31. The number of hydrogen-bond donors (Lipinski definition) is 1. The first-order chi connectivity index (χ1) is 9.81. The van der Waals surface area contributed by atoms with Gasteiger partial charge in [0.15, 0.2) is 0 Å². The Morgan fingerprint density at radius 2 is 2.05 bits per heavy atom. The van der Waals surface area contributed by atoms with Gasteiger partial charge in [-0.1, -0.05) is 25.1 Å². The van der Waals surface area contributed by atoms with E-state index in [4.69, 9.17) is 0 Å². The summed E-state index contributed by atoms with van der Waals surface area (Å²) in [6.45, 7) is 6.94. The van der Waals surface area contributed by atoms with E-state index in [1.54, 1.807) is 0 Å². The highest BCUT2D eigenvalue weighted by Crippen LogP contribution is 2.32. The van der Waals surface area contributed by atoms with Crippen molar-refractivity contribution >= 4 is 10.9 Å². The van der Waals surface area contributed by atoms with Crippen molar-refractivity contribution in [2.75, 3.05) is 26.2 Å². The van der Waals surface area contributed by atoms with Crippen LogP contribution in [0.3, 0.4) is 0 Å². The SMILES string of the molecule is CCC(c1cn(C)c2ccccc12)N1CCCNCC1. The van der Waals surface area contributed by atoms with E-state index < -0.39 is 0 Å². The van der Waals surface area contributed by atoms with Gasteiger partial charge in [0.2, 0.25) is 0 Å². The van der Waals surface area contributed by atoms with Crippen LogP contribution in [-0.4, -0.2) is 35.6 Å². The summed E-state index contributed by atoms with van der Waals surface area (Å²) in [5.41, 5.74) is 2.83. The topological polar surface area (TPSA) is 20.2 Å². The van der Waals surface area contributed by atoms with Gasteiger partial charge in [0.1, 0.15) is 0 Å². The van der Waals surface area contributed by atoms with Crippen LogP contribution in [0, 0.1) is 0 Å². The molecule has 1 aliphatic rings. The number of aromatic nitrogens is 1. The first-order valence-corrected chi connectivity index (χ1v) is 7.80. The van der Waals surface area contributed by atoms with Gasteiger partial charge in [-0.2, -0.15) is 0 Å². The summed E-state index contributed by atoms with van der Waals surface area (Å²) in [4.78, 5) is 2.65. The van der Waals surface area contributed by atoms with Crippen molar-refractivity contribution in [2.45, 2.75) is 25.8 Å². The maximum atomic E-state index is 3.50. The van der Waals surface area contributed by atoms with Gasteiger partial charge < -0.3 is 9.88 Å². The molecule has 1 saturated heterocycles. The van der Waals surface area contributed by atoms with Crippen LogP contribution in [0.4, 0.5) is 0 Å². The van der Waals surface area contributed by atoms with Gasteiger partial charge in [0.25, 0.3) is 0 Å². The maximum Gasteiger partial charge on any atom is 0.0481 e. The number of para-hydroxylation sites is 1. The summed E-state index contributed by atoms with van der Waals surface area (Å²) >= 11 is 0. The first-order valence-electron chi connectivity index (χ1n) is 7.80. The Hall–Kier alpha value is -1.32. The maximum absolute atomic E-state index is 3.50. The number of hydrogen-bond acceptors (Lipinski definition) is 2. The van der Waals surface area contributed by atoms with Crippen LogP contribution in [0.25, 0.3) is 10.9 Å². The smallest absolute Gasteiger partial charge is 0.0481 e. The van der Waals surface area contributed by atoms with Crippen molar-refractivity contribution < 1.29 is 0 Å². The molecule has 1 atom stereocenters. The predicted molar refractivity (Wildman–Crippen MR) is 85.0 cm³/mol. The van der Waals surface area contributed by atoms with E-state index in [2.05, 4.69) is 59.2 Å². The van der Waals surface area contributed by atoms with Crippen LogP contribution < -0.4 is 5.32 Å². The molecular weight excluding hydrogens is 246 g/mol. The van der Waals surface area contributed by atoms with Crippen molar-refractivity contribution in [3.8, 4) is 0 Å². The highest BCUT2D eigenvalue weighted by atomic mass is 15.2. The summed E-state index contributed by atoms with van der Waals surface area (Å²) in [6.07, 6.45) is 4.76. The van der Waals surface area contributed by atoms with E-state index in [1.165, 1.54) is 35.9 Å². The molecule has 3 heteroatoms. The molecule has 20 heavy (non-hydrogen) atoms. The second-order valence-electron chi connectivity index (χ2n) is 5.78. The monoisotopic (exact) mass is 271 g/mol. The largest absolute Gasteiger partial charge is 0.350 e. The molecule has 1 aliphatic heterocycles. The first kappa shape index (κ1) is 13.7. The van der Waals surface area contributed by atoms with E-state index in [0.717, 1.165) is 19.6 Å². The quantitative estimate of drug-likeness (QED) is 0.926. The van der Waals surface area contributed by atoms with Crippen LogP contribution >= 0.6 is 0 Å². The number of rotatable bonds is 3. The van der Waals surface area contributed by atoms with Crippen LogP contribution in [0.5, 0.6) is 0 Å². The molecule has 108 valence electrons. The molecule has 1 N–H and O–H groups in total. The molecule has 2 aromatic rings. The lowest BCUT2D eigenvalue weighted by molar-refractivity contribution is 0.206. The molecule has 3 rings (SSSR count). The standard InChI is InChI=1S/C17H25N3/c1-3-16(20-11-6-9-18-10-12-20)15-13-19(2)17-8-5-4-7-14(15)17/h4-5,7-8,13,16,18H,3,6,9-12H2,1-2H3. The molecule has 3 nitrogen and oxygen atoms in total. The third-order valence-electron chi connectivity index (χ3n) is 4.49. The molecule has 1 aromatic carbocycles. The zero-order valence-electron chi connectivity index (χ0n) is 12.6. The molecule has 1 unspecified atom stereocenters. The van der Waals surface area contributed by atoms with Gasteiger partial charge in [0, 0.05) is 49.8 Å². The number of fused-ring (bicyclic) bond motifs is 1. The van der Waals surface area contributed by atoms with Crippen molar-refractivity contribution in [1.29, 1.82) is 0 Å². The van der Waals surface area contributed by atoms with Crippen LogP contribution in [0.1, 0.15) is 31.4 Å². The van der Waals surface area contributed by atoms with E-state index in [-0.39, 0.29) is 0 Å². The average Bonchev–Trinajstić information content (AvgIpc) is 2.68. The lowest BCUT2D eigenvalue weighted by Crippen LogP contribution is -2.32.